The van der Waals surface area contributed by atoms with E-state index in [1.54, 1.807) is 25.5 Å². The molecule has 0 amide bonds. The van der Waals surface area contributed by atoms with Gasteiger partial charge < -0.3 is 0 Å². The second kappa shape index (κ2) is 7.63. The van der Waals surface area contributed by atoms with E-state index in [9.17, 15) is 8.42 Å². The van der Waals surface area contributed by atoms with Crippen molar-refractivity contribution in [2.45, 2.75) is 34.1 Å². The molecule has 0 bridgehead atoms. The molecule has 0 saturated carbocycles. The zero-order chi connectivity index (χ0) is 20.5. The molecule has 0 radical (unpaired) electrons. The van der Waals surface area contributed by atoms with Crippen molar-refractivity contribution in [3.8, 4) is 22.4 Å². The number of sulfonamides is 1. The molecule has 3 aromatic rings. The second-order valence-electron chi connectivity index (χ2n) is 6.77. The first kappa shape index (κ1) is 19.9. The lowest BCUT2D eigenvalue weighted by atomic mass is 9.97. The third-order valence-corrected chi connectivity index (χ3v) is 4.88. The van der Waals surface area contributed by atoms with E-state index in [2.05, 4.69) is 24.7 Å². The number of pyridine rings is 2. The van der Waals surface area contributed by atoms with E-state index < -0.39 is 10.0 Å². The van der Waals surface area contributed by atoms with Crippen LogP contribution in [0.5, 0.6) is 0 Å². The molecule has 7 nitrogen and oxygen atoms in total. The van der Waals surface area contributed by atoms with Crippen molar-refractivity contribution >= 4 is 15.7 Å². The van der Waals surface area contributed by atoms with Gasteiger partial charge in [0.15, 0.2) is 0 Å². The molecule has 0 saturated heterocycles. The Kier molecular flexibility index (Phi) is 5.42. The minimum absolute atomic E-state index is 0.443. The highest BCUT2D eigenvalue weighted by Gasteiger charge is 2.17. The minimum Gasteiger partial charge on any atom is -0.282 e. The molecule has 1 N–H and O–H groups in total. The number of nitrogens with one attached hydrogen (secondary N) is 1. The van der Waals surface area contributed by atoms with Crippen LogP contribution >= 0.6 is 0 Å². The van der Waals surface area contributed by atoms with Crippen molar-refractivity contribution in [3.63, 3.8) is 0 Å². The van der Waals surface area contributed by atoms with E-state index >= 15 is 0 Å². The van der Waals surface area contributed by atoms with E-state index in [4.69, 9.17) is 0 Å². The Bertz CT molecular complexity index is 1120. The fourth-order valence-electron chi connectivity index (χ4n) is 3.16. The van der Waals surface area contributed by atoms with Gasteiger partial charge in [-0.05, 0) is 45.4 Å². The SMILES string of the molecule is CCc1ncnc(-c2cc(C)nc(C)c2)c1-c1cnc(C)c(NS(C)(=O)=O)c1. The molecule has 0 spiro atoms. The monoisotopic (exact) mass is 397 g/mol. The topological polar surface area (TPSA) is 97.7 Å². The Balaban J connectivity index is 2.26. The van der Waals surface area contributed by atoms with Crippen LogP contribution in [-0.4, -0.2) is 34.6 Å². The summed E-state index contributed by atoms with van der Waals surface area (Å²) in [4.78, 5) is 17.8. The zero-order valence-corrected chi connectivity index (χ0v) is 17.4. The first-order chi connectivity index (χ1) is 13.2. The van der Waals surface area contributed by atoms with E-state index in [-0.39, 0.29) is 0 Å². The molecule has 8 heteroatoms. The molecule has 0 aliphatic carbocycles. The first-order valence-electron chi connectivity index (χ1n) is 8.92. The highest BCUT2D eigenvalue weighted by atomic mass is 32.2. The van der Waals surface area contributed by atoms with E-state index in [1.807, 2.05) is 32.9 Å². The van der Waals surface area contributed by atoms with E-state index in [1.165, 1.54) is 0 Å². The van der Waals surface area contributed by atoms with Crippen LogP contribution in [0.4, 0.5) is 5.69 Å². The maximum Gasteiger partial charge on any atom is 0.229 e. The third-order valence-electron chi connectivity index (χ3n) is 4.29. The lowest BCUT2D eigenvalue weighted by Gasteiger charge is -2.15. The molecule has 0 unspecified atom stereocenters. The van der Waals surface area contributed by atoms with Crippen molar-refractivity contribution in [1.29, 1.82) is 0 Å². The molecule has 0 aliphatic rings. The number of anilines is 1. The standard InChI is InChI=1S/C20H23N5O2S/c1-6-17-19(16-9-18(14(4)21-10-16)25-28(5,26)27)20(23-11-22-17)15-7-12(2)24-13(3)8-15/h7-11,25H,6H2,1-5H3. The summed E-state index contributed by atoms with van der Waals surface area (Å²) >= 11 is 0. The molecule has 3 rings (SSSR count). The Morgan fingerprint density at radius 1 is 0.964 bits per heavy atom. The van der Waals surface area contributed by atoms with Crippen LogP contribution < -0.4 is 4.72 Å². The minimum atomic E-state index is -3.42. The van der Waals surface area contributed by atoms with Crippen molar-refractivity contribution in [1.82, 2.24) is 19.9 Å². The molecular formula is C20H23N5O2S. The highest BCUT2D eigenvalue weighted by molar-refractivity contribution is 7.92. The summed E-state index contributed by atoms with van der Waals surface area (Å²) in [7, 11) is -3.42. The van der Waals surface area contributed by atoms with Gasteiger partial charge in [-0.3, -0.25) is 14.7 Å². The summed E-state index contributed by atoms with van der Waals surface area (Å²) in [5.41, 5.74) is 7.04. The van der Waals surface area contributed by atoms with Gasteiger partial charge in [0, 0.05) is 34.3 Å². The summed E-state index contributed by atoms with van der Waals surface area (Å²) < 4.78 is 26.0. The van der Waals surface area contributed by atoms with Gasteiger partial charge >= 0.3 is 0 Å². The average molecular weight is 398 g/mol. The number of aryl methyl sites for hydroxylation is 4. The fraction of sp³-hybridized carbons (Fsp3) is 0.300. The molecule has 0 atom stereocenters. The van der Waals surface area contributed by atoms with Crippen LogP contribution in [0.2, 0.25) is 0 Å². The predicted octanol–water partition coefficient (Wildman–Crippen LogP) is 3.46. The maximum absolute atomic E-state index is 11.7. The first-order valence-corrected chi connectivity index (χ1v) is 10.8. The largest absolute Gasteiger partial charge is 0.282 e. The number of aromatic nitrogens is 4. The summed E-state index contributed by atoms with van der Waals surface area (Å²) in [6.07, 6.45) is 5.11. The fourth-order valence-corrected chi connectivity index (χ4v) is 3.76. The van der Waals surface area contributed by atoms with Crippen LogP contribution in [0.25, 0.3) is 22.4 Å². The van der Waals surface area contributed by atoms with Crippen LogP contribution in [0.3, 0.4) is 0 Å². The van der Waals surface area contributed by atoms with Crippen molar-refractivity contribution < 1.29 is 8.42 Å². The molecule has 3 heterocycles. The molecule has 0 aliphatic heterocycles. The Hall–Kier alpha value is -2.87. The van der Waals surface area contributed by atoms with Crippen molar-refractivity contribution in [3.05, 3.63) is 53.5 Å². The molecule has 3 aromatic heterocycles. The van der Waals surface area contributed by atoms with Gasteiger partial charge in [-0.25, -0.2) is 18.4 Å². The second-order valence-corrected chi connectivity index (χ2v) is 8.52. The lowest BCUT2D eigenvalue weighted by Crippen LogP contribution is -2.11. The van der Waals surface area contributed by atoms with Crippen molar-refractivity contribution in [2.75, 3.05) is 11.0 Å². The van der Waals surface area contributed by atoms with Gasteiger partial charge in [-0.2, -0.15) is 0 Å². The van der Waals surface area contributed by atoms with Crippen LogP contribution in [0.1, 0.15) is 29.7 Å². The number of hydrogen-bond donors (Lipinski definition) is 1. The molecular weight excluding hydrogens is 374 g/mol. The van der Waals surface area contributed by atoms with Gasteiger partial charge in [0.2, 0.25) is 10.0 Å². The number of nitrogens with zero attached hydrogens (tertiary/aromatic N) is 4. The molecule has 28 heavy (non-hydrogen) atoms. The van der Waals surface area contributed by atoms with Gasteiger partial charge in [0.05, 0.1) is 29.0 Å². The number of rotatable bonds is 5. The summed E-state index contributed by atoms with van der Waals surface area (Å²) in [5.74, 6) is 0. The van der Waals surface area contributed by atoms with Gasteiger partial charge in [0.1, 0.15) is 6.33 Å². The quantitative estimate of drug-likeness (QED) is 0.708. The number of hydrogen-bond acceptors (Lipinski definition) is 6. The summed E-state index contributed by atoms with van der Waals surface area (Å²) in [6.45, 7) is 7.67. The Morgan fingerprint density at radius 3 is 2.25 bits per heavy atom. The highest BCUT2D eigenvalue weighted by Crippen LogP contribution is 2.34. The Morgan fingerprint density at radius 2 is 1.64 bits per heavy atom. The molecule has 0 aromatic carbocycles. The lowest BCUT2D eigenvalue weighted by molar-refractivity contribution is 0.606. The average Bonchev–Trinajstić information content (AvgIpc) is 2.61. The normalized spacial score (nSPS) is 11.5. The van der Waals surface area contributed by atoms with Crippen LogP contribution in [-0.2, 0) is 16.4 Å². The Labute approximate surface area is 165 Å². The van der Waals surface area contributed by atoms with Crippen molar-refractivity contribution in [2.24, 2.45) is 0 Å². The van der Waals surface area contributed by atoms with Gasteiger partial charge in [-0.15, -0.1) is 0 Å². The summed E-state index contributed by atoms with van der Waals surface area (Å²) in [6, 6.07) is 5.75. The summed E-state index contributed by atoms with van der Waals surface area (Å²) in [5, 5.41) is 0. The van der Waals surface area contributed by atoms with E-state index in [0.29, 0.717) is 17.8 Å². The maximum atomic E-state index is 11.7. The van der Waals surface area contributed by atoms with Gasteiger partial charge in [0.25, 0.3) is 0 Å². The van der Waals surface area contributed by atoms with E-state index in [0.717, 1.165) is 45.7 Å². The predicted molar refractivity (Wildman–Crippen MR) is 111 cm³/mol. The smallest absolute Gasteiger partial charge is 0.229 e. The molecule has 146 valence electrons. The van der Waals surface area contributed by atoms with Gasteiger partial charge in [-0.1, -0.05) is 6.92 Å². The zero-order valence-electron chi connectivity index (χ0n) is 16.6. The third kappa shape index (κ3) is 4.33. The van der Waals surface area contributed by atoms with Crippen LogP contribution in [0.15, 0.2) is 30.7 Å². The van der Waals surface area contributed by atoms with Crippen LogP contribution in [0, 0.1) is 20.8 Å². The molecule has 0 fully saturated rings.